The number of carbonyl (C=O) groups is 6. The second-order valence-corrected chi connectivity index (χ2v) is 31.0. The van der Waals surface area contributed by atoms with E-state index in [1.54, 1.807) is 123 Å². The molecular formula is C94H100Cl2F2Li2N6O15. The summed E-state index contributed by atoms with van der Waals surface area (Å²) in [6.07, 6.45) is 2.16. The summed E-state index contributed by atoms with van der Waals surface area (Å²) in [6, 6.07) is 68.9. The number of nitrogen functional groups attached to an aromatic ring is 1. The van der Waals surface area contributed by atoms with Crippen LogP contribution in [0.1, 0.15) is 96.6 Å². The van der Waals surface area contributed by atoms with E-state index in [0.717, 1.165) is 23.9 Å². The van der Waals surface area contributed by atoms with E-state index in [2.05, 4.69) is 103 Å². The number of ether oxygens (including phenoxy) is 7. The van der Waals surface area contributed by atoms with Crippen LogP contribution in [0.5, 0.6) is 34.5 Å². The van der Waals surface area contributed by atoms with Crippen molar-refractivity contribution in [3.8, 4) is 34.5 Å². The number of aromatic nitrogens is 2. The van der Waals surface area contributed by atoms with Crippen LogP contribution in [0.25, 0.3) is 21.8 Å². The van der Waals surface area contributed by atoms with E-state index < -0.39 is 52.7 Å². The number of carboxylic acids is 1. The number of nitrogens with two attached hydrogens (primary N) is 1. The van der Waals surface area contributed by atoms with Crippen molar-refractivity contribution in [1.82, 2.24) is 9.97 Å². The Hall–Kier alpha value is -10.5. The molecule has 0 radical (unpaired) electrons. The van der Waals surface area contributed by atoms with Gasteiger partial charge >= 0.3 is 37.7 Å². The van der Waals surface area contributed by atoms with Crippen LogP contribution in [-0.2, 0) is 72.1 Å². The number of nitrogens with zero attached hydrogens (tertiary/aromatic N) is 5. The summed E-state index contributed by atoms with van der Waals surface area (Å²) >= 11 is 9.55. The van der Waals surface area contributed by atoms with Gasteiger partial charge in [-0.2, -0.15) is 34.9 Å². The van der Waals surface area contributed by atoms with Gasteiger partial charge in [0.15, 0.2) is 41.1 Å². The maximum absolute atomic E-state index is 14.9. The van der Waals surface area contributed by atoms with Gasteiger partial charge in [0.1, 0.15) is 29.6 Å². The molecule has 2 aromatic heterocycles. The van der Waals surface area contributed by atoms with E-state index in [0.29, 0.717) is 88.3 Å². The van der Waals surface area contributed by atoms with E-state index in [-0.39, 0.29) is 110 Å². The maximum Gasteiger partial charge on any atom is 1.00 e. The van der Waals surface area contributed by atoms with Gasteiger partial charge in [0.2, 0.25) is 5.24 Å². The van der Waals surface area contributed by atoms with Crippen LogP contribution in [0, 0.1) is 17.7 Å². The van der Waals surface area contributed by atoms with Crippen molar-refractivity contribution in [2.75, 3.05) is 93.2 Å². The fraction of sp³-hybridized carbons (Fsp3) is 0.298. The summed E-state index contributed by atoms with van der Waals surface area (Å²) in [7, 11) is 3.16. The number of fused-ring (bicyclic) bond motifs is 2. The van der Waals surface area contributed by atoms with Crippen LogP contribution in [0.4, 0.5) is 31.5 Å². The number of pyridine rings is 2. The third kappa shape index (κ3) is 30.3. The van der Waals surface area contributed by atoms with Gasteiger partial charge in [-0.25, -0.2) is 8.78 Å². The molecular weight excluding hydrogens is 1580 g/mol. The number of aryl methyl sites for hydroxylation is 1. The van der Waals surface area contributed by atoms with Gasteiger partial charge in [-0.05, 0) is 149 Å². The molecule has 3 amide bonds. The van der Waals surface area contributed by atoms with Gasteiger partial charge in [-0.3, -0.25) is 33.9 Å². The summed E-state index contributed by atoms with van der Waals surface area (Å²) in [5, 5.41) is 20.2. The Bertz CT molecular complexity index is 5110. The number of hydrogen-bond acceptors (Lipinski definition) is 18. The first-order valence-corrected chi connectivity index (χ1v) is 39.4. The Balaban J connectivity index is 0.000000232. The molecule has 27 heteroatoms. The van der Waals surface area contributed by atoms with Gasteiger partial charge in [-0.1, -0.05) is 153 Å². The molecule has 3 N–H and O–H groups in total. The first kappa shape index (κ1) is 99.3. The third-order valence-corrected chi connectivity index (χ3v) is 18.9. The molecule has 121 heavy (non-hydrogen) atoms. The molecule has 0 bridgehead atoms. The summed E-state index contributed by atoms with van der Waals surface area (Å²) in [5.74, 6) is -1.68. The molecule has 2 atom stereocenters. The van der Waals surface area contributed by atoms with Crippen LogP contribution in [0.3, 0.4) is 0 Å². The first-order chi connectivity index (χ1) is 56.8. The largest absolute Gasteiger partial charge is 1.00 e. The van der Waals surface area contributed by atoms with Gasteiger partial charge < -0.3 is 68.6 Å². The second kappa shape index (κ2) is 48.2. The number of rotatable bonds is 17. The predicted molar refractivity (Wildman–Crippen MR) is 459 cm³/mol. The van der Waals surface area contributed by atoms with Gasteiger partial charge in [0, 0.05) is 96.8 Å². The number of alkyl halides is 1. The number of benzene rings is 9. The number of morpholine rings is 3. The maximum atomic E-state index is 14.9. The Morgan fingerprint density at radius 3 is 1.39 bits per heavy atom. The molecule has 3 aliphatic rings. The summed E-state index contributed by atoms with van der Waals surface area (Å²) in [5.41, 5.74) is 15.8. The summed E-state index contributed by atoms with van der Waals surface area (Å²) in [4.78, 5) is 82.3. The molecule has 626 valence electrons. The number of carbonyl (C=O) groups excluding carboxylic acids is 6. The fourth-order valence-corrected chi connectivity index (χ4v) is 11.9. The van der Waals surface area contributed by atoms with Crippen LogP contribution < -0.4 is 82.2 Å². The van der Waals surface area contributed by atoms with E-state index >= 15 is 0 Å². The van der Waals surface area contributed by atoms with Crippen LogP contribution in [-0.4, -0.2) is 135 Å². The molecule has 14 rings (SSSR count). The standard InChI is InChI=1S/C28H23FN2O5.C18H29.C16H13FN2O2.C11H11NO4.C10H11NO2.C9H12O.C2H2Cl2O.2Li/c1-34-20-8-9-21-23(17-20)30-12-11-25(21)36-26-10-7-18(15-22(26)29)16-24(32)27-28(33)31(13-14-35-27)19-5-3-2-4-6-19;1-16(2,3)13-10-14(17(4,5)6)12-15(11-13)18(7,8)9;1-20-11-3-4-12-14(9-11)19-7-6-15(12)21-16-5-2-10(18)8-13(16)17;13-10-9(11(14)15)16-7-6-12(10)8-4-2-1-3-5-8;12-10-8-13-7-6-11(10)9-4-2-1-3-5-9;10-8-4-7-9-5-2-1-3-6-9;3-1-2(4)5;;/h2-12,15,17,27H,13-14,16H2,1H3;10-11H,1-9H3;2-9H,18H2,1H3;1-5,9H,6-7H2,(H,14,15);1-5H,6-8H2;1-3,5-6,10H,4,7-8H2;1H2;;/q;-1;;;;;;2*+1/p-1. The number of anilines is 4. The molecule has 3 fully saturated rings. The minimum absolute atomic E-state index is 0. The van der Waals surface area contributed by atoms with Gasteiger partial charge in [-0.15, -0.1) is 11.6 Å². The van der Waals surface area contributed by atoms with Crippen molar-refractivity contribution in [3.63, 3.8) is 0 Å². The van der Waals surface area contributed by atoms with Crippen LogP contribution >= 0.6 is 23.2 Å². The first-order valence-electron chi connectivity index (χ1n) is 38.5. The fourth-order valence-electron chi connectivity index (χ4n) is 11.9. The molecule has 11 aromatic rings. The molecule has 9 aromatic carbocycles. The number of halogens is 4. The molecule has 3 saturated heterocycles. The molecule has 21 nitrogen and oxygen atoms in total. The minimum atomic E-state index is -1.49. The molecule has 0 saturated carbocycles. The Kier molecular flexibility index (Phi) is 39.6. The number of para-hydroxylation sites is 3. The topological polar surface area (TPSA) is 272 Å². The van der Waals surface area contributed by atoms with Crippen molar-refractivity contribution in [2.45, 2.75) is 110 Å². The second-order valence-electron chi connectivity index (χ2n) is 30.3. The van der Waals surface area contributed by atoms with Crippen LogP contribution in [0.2, 0.25) is 0 Å². The smallest absolute Gasteiger partial charge is 0.547 e. The number of ketones is 1. The normalized spacial score (nSPS) is 14.3. The van der Waals surface area contributed by atoms with Gasteiger partial charge in [0.25, 0.3) is 17.7 Å². The predicted octanol–water partition coefficient (Wildman–Crippen LogP) is 10.7. The number of methoxy groups -OCH3 is 2. The number of amides is 3. The van der Waals surface area contributed by atoms with E-state index in [1.165, 1.54) is 56.3 Å². The summed E-state index contributed by atoms with van der Waals surface area (Å²) in [6.45, 7) is 23.3. The number of aliphatic carboxylic acids is 1. The number of Topliss-reactive ketones (excluding diaryl/α,β-unsaturated/α-hetero) is 1. The minimum Gasteiger partial charge on any atom is -0.547 e. The Morgan fingerprint density at radius 1 is 0.545 bits per heavy atom. The Morgan fingerprint density at radius 2 is 0.975 bits per heavy atom. The Labute approximate surface area is 740 Å². The molecule has 5 heterocycles. The summed E-state index contributed by atoms with van der Waals surface area (Å²) < 4.78 is 66.0. The average Bonchev–Trinajstić information content (AvgIpc) is 0.779. The number of hydrogen-bond donors (Lipinski definition) is 2. The SMILES string of the molecule is CC(C)(C)c1[c-]c(C(C)(C)C)cc(C(C)(C)C)c1.COc1ccc2c(Oc3ccc(CC(=O)C4OCCN(c5ccccc5)C4=O)cc3F)ccnc2c1.COc1ccc2c(Oc3ccc(N)cc3F)ccnc2c1.O=C(Cl)CCl.O=C([O-])C1OCCN(c2ccccc2)C1=O.O=C1COCCN1c1ccccc1.OCCCc1ccccc1.[Li+].[Li+]. The van der Waals surface area contributed by atoms with Crippen molar-refractivity contribution >= 4 is 102 Å². The van der Waals surface area contributed by atoms with Crippen molar-refractivity contribution in [3.05, 3.63) is 276 Å². The van der Waals surface area contributed by atoms with Gasteiger partial charge in [0.05, 0.1) is 56.9 Å². The van der Waals surface area contributed by atoms with E-state index in [4.69, 9.17) is 67.2 Å². The van der Waals surface area contributed by atoms with Crippen LogP contribution in [0.15, 0.2) is 231 Å². The number of carboxylic acid groups (broad SMARTS) is 1. The van der Waals surface area contributed by atoms with E-state index in [9.17, 15) is 42.7 Å². The average molecular weight is 1680 g/mol. The zero-order valence-corrected chi connectivity index (χ0v) is 72.1. The molecule has 2 unspecified atom stereocenters. The van der Waals surface area contributed by atoms with Crippen molar-refractivity contribution < 1.29 is 119 Å². The number of aliphatic hydroxyl groups excluding tert-OH is 1. The molecule has 3 aliphatic heterocycles. The quantitative estimate of drug-likeness (QED) is 0.0214. The third-order valence-electron chi connectivity index (χ3n) is 18.4. The zero-order valence-electron chi connectivity index (χ0n) is 70.6. The zero-order chi connectivity index (χ0) is 86.4. The molecule has 0 spiro atoms. The number of aliphatic hydroxyl groups is 1. The van der Waals surface area contributed by atoms with E-state index in [1.807, 2.05) is 78.9 Å². The molecule has 0 aliphatic carbocycles. The van der Waals surface area contributed by atoms with Crippen molar-refractivity contribution in [1.29, 1.82) is 0 Å². The van der Waals surface area contributed by atoms with Crippen molar-refractivity contribution in [2.24, 2.45) is 0 Å². The monoisotopic (exact) mass is 1670 g/mol.